The Kier molecular flexibility index (Phi) is 3.46. The Morgan fingerprint density at radius 1 is 1.28 bits per heavy atom. The zero-order valence-corrected chi connectivity index (χ0v) is 12.3. The fourth-order valence-electron chi connectivity index (χ4n) is 3.53. The van der Waals surface area contributed by atoms with Gasteiger partial charge >= 0.3 is 0 Å². The second kappa shape index (κ2) is 4.93. The van der Waals surface area contributed by atoms with E-state index in [1.165, 1.54) is 44.1 Å². The third kappa shape index (κ3) is 2.94. The molecule has 0 radical (unpaired) electrons. The lowest BCUT2D eigenvalue weighted by Gasteiger charge is -2.38. The van der Waals surface area contributed by atoms with Crippen molar-refractivity contribution in [2.45, 2.75) is 50.5 Å². The fraction of sp³-hybridized carbons (Fsp3) is 0.667. The molecule has 2 saturated carbocycles. The first kappa shape index (κ1) is 12.6. The van der Waals surface area contributed by atoms with E-state index in [1.807, 2.05) is 12.4 Å². The van der Waals surface area contributed by atoms with Crippen LogP contribution in [-0.2, 0) is 6.42 Å². The monoisotopic (exact) mass is 308 g/mol. The number of hydrogen-bond donors (Lipinski definition) is 1. The highest BCUT2D eigenvalue weighted by molar-refractivity contribution is 9.10. The molecule has 1 heterocycles. The Hall–Kier alpha value is -0.410. The van der Waals surface area contributed by atoms with Crippen LogP contribution in [0.1, 0.15) is 44.1 Å². The Morgan fingerprint density at radius 2 is 2.11 bits per heavy atom. The van der Waals surface area contributed by atoms with Crippen molar-refractivity contribution in [2.75, 3.05) is 0 Å². The van der Waals surface area contributed by atoms with Gasteiger partial charge in [-0.2, -0.15) is 0 Å². The van der Waals surface area contributed by atoms with Crippen molar-refractivity contribution in [3.63, 3.8) is 0 Å². The molecule has 1 aromatic heterocycles. The number of pyridine rings is 1. The average Bonchev–Trinajstić information content (AvgIpc) is 3.12. The highest BCUT2D eigenvalue weighted by Gasteiger charge is 2.39. The lowest BCUT2D eigenvalue weighted by molar-refractivity contribution is 0.204. The number of halogens is 1. The van der Waals surface area contributed by atoms with Crippen LogP contribution in [0, 0.1) is 11.8 Å². The number of aromatic nitrogens is 1. The first-order valence-electron chi connectivity index (χ1n) is 7.03. The van der Waals surface area contributed by atoms with Gasteiger partial charge in [-0.25, -0.2) is 0 Å². The van der Waals surface area contributed by atoms with E-state index in [0.29, 0.717) is 0 Å². The van der Waals surface area contributed by atoms with Crippen molar-refractivity contribution >= 4 is 15.9 Å². The molecule has 0 bridgehead atoms. The van der Waals surface area contributed by atoms with Gasteiger partial charge in [0.25, 0.3) is 0 Å². The fourth-order valence-corrected chi connectivity index (χ4v) is 3.94. The van der Waals surface area contributed by atoms with Gasteiger partial charge in [0, 0.05) is 22.4 Å². The predicted octanol–water partition coefficient (Wildman–Crippen LogP) is 3.68. The van der Waals surface area contributed by atoms with Crippen molar-refractivity contribution < 1.29 is 0 Å². The maximum Gasteiger partial charge on any atom is 0.0410 e. The van der Waals surface area contributed by atoms with Gasteiger partial charge in [-0.05, 0) is 71.5 Å². The maximum atomic E-state index is 6.65. The van der Waals surface area contributed by atoms with Crippen LogP contribution in [0.3, 0.4) is 0 Å². The summed E-state index contributed by atoms with van der Waals surface area (Å²) in [5.74, 6) is 1.89. The van der Waals surface area contributed by atoms with Crippen LogP contribution in [0.4, 0.5) is 0 Å². The molecule has 0 spiro atoms. The zero-order chi connectivity index (χ0) is 12.6. The van der Waals surface area contributed by atoms with Crippen molar-refractivity contribution in [3.8, 4) is 0 Å². The summed E-state index contributed by atoms with van der Waals surface area (Å²) in [6.07, 6.45) is 12.7. The molecule has 2 fully saturated rings. The minimum Gasteiger partial charge on any atom is -0.325 e. The van der Waals surface area contributed by atoms with E-state index in [0.717, 1.165) is 22.7 Å². The number of nitrogens with two attached hydrogens (primary N) is 1. The molecule has 2 unspecified atom stereocenters. The van der Waals surface area contributed by atoms with Crippen molar-refractivity contribution in [1.29, 1.82) is 0 Å². The van der Waals surface area contributed by atoms with Gasteiger partial charge in [0.1, 0.15) is 0 Å². The topological polar surface area (TPSA) is 38.9 Å². The molecule has 18 heavy (non-hydrogen) atoms. The third-order valence-electron chi connectivity index (χ3n) is 4.52. The van der Waals surface area contributed by atoms with E-state index in [1.54, 1.807) is 0 Å². The first-order chi connectivity index (χ1) is 8.65. The van der Waals surface area contributed by atoms with Crippen molar-refractivity contribution in [3.05, 3.63) is 28.5 Å². The summed E-state index contributed by atoms with van der Waals surface area (Å²) in [7, 11) is 0. The SMILES string of the molecule is NC1(Cc2cncc(Br)c2)CCCC(C2CC2)C1. The average molecular weight is 309 g/mol. The molecule has 0 aromatic carbocycles. The smallest absolute Gasteiger partial charge is 0.0410 e. The summed E-state index contributed by atoms with van der Waals surface area (Å²) in [5.41, 5.74) is 7.93. The molecule has 2 N–H and O–H groups in total. The molecule has 1 aromatic rings. The summed E-state index contributed by atoms with van der Waals surface area (Å²) in [5, 5.41) is 0. The van der Waals surface area contributed by atoms with Crippen LogP contribution in [0.5, 0.6) is 0 Å². The largest absolute Gasteiger partial charge is 0.325 e. The van der Waals surface area contributed by atoms with E-state index >= 15 is 0 Å². The van der Waals surface area contributed by atoms with E-state index < -0.39 is 0 Å². The minimum absolute atomic E-state index is 0.00792. The molecule has 0 aliphatic heterocycles. The summed E-state index contributed by atoms with van der Waals surface area (Å²) in [4.78, 5) is 4.24. The van der Waals surface area contributed by atoms with E-state index in [9.17, 15) is 0 Å². The highest BCUT2D eigenvalue weighted by atomic mass is 79.9. The number of rotatable bonds is 3. The van der Waals surface area contributed by atoms with Crippen LogP contribution >= 0.6 is 15.9 Å². The van der Waals surface area contributed by atoms with E-state index in [4.69, 9.17) is 5.73 Å². The molecule has 2 atom stereocenters. The van der Waals surface area contributed by atoms with Crippen molar-refractivity contribution in [1.82, 2.24) is 4.98 Å². The molecule has 0 amide bonds. The Balaban J connectivity index is 1.69. The maximum absolute atomic E-state index is 6.65. The van der Waals surface area contributed by atoms with Gasteiger partial charge in [0.05, 0.1) is 0 Å². The Labute approximate surface area is 117 Å². The lowest BCUT2D eigenvalue weighted by atomic mass is 9.72. The van der Waals surface area contributed by atoms with Gasteiger partial charge in [0.2, 0.25) is 0 Å². The minimum atomic E-state index is 0.00792. The van der Waals surface area contributed by atoms with Crippen LogP contribution in [0.25, 0.3) is 0 Å². The normalized spacial score (nSPS) is 32.4. The summed E-state index contributed by atoms with van der Waals surface area (Å²) < 4.78 is 1.05. The van der Waals surface area contributed by atoms with Crippen LogP contribution < -0.4 is 5.73 Å². The summed E-state index contributed by atoms with van der Waals surface area (Å²) in [6, 6.07) is 2.16. The van der Waals surface area contributed by atoms with Gasteiger partial charge in [-0.1, -0.05) is 12.8 Å². The Morgan fingerprint density at radius 3 is 2.83 bits per heavy atom. The molecule has 2 aliphatic rings. The number of nitrogens with zero attached hydrogens (tertiary/aromatic N) is 1. The predicted molar refractivity (Wildman–Crippen MR) is 77.2 cm³/mol. The zero-order valence-electron chi connectivity index (χ0n) is 10.7. The molecule has 98 valence electrons. The van der Waals surface area contributed by atoms with Gasteiger partial charge in [0.15, 0.2) is 0 Å². The Bertz CT molecular complexity index is 430. The summed E-state index contributed by atoms with van der Waals surface area (Å²) in [6.45, 7) is 0. The molecule has 2 aliphatic carbocycles. The standard InChI is InChI=1S/C15H21BrN2/c16-14-6-11(9-18-10-14)7-15(17)5-1-2-13(8-15)12-3-4-12/h6,9-10,12-13H,1-5,7-8,17H2. The van der Waals surface area contributed by atoms with Gasteiger partial charge in [-0.3, -0.25) is 4.98 Å². The quantitative estimate of drug-likeness (QED) is 0.925. The molecular formula is C15H21BrN2. The lowest BCUT2D eigenvalue weighted by Crippen LogP contribution is -2.46. The highest BCUT2D eigenvalue weighted by Crippen LogP contribution is 2.46. The van der Waals surface area contributed by atoms with E-state index in [-0.39, 0.29) is 5.54 Å². The van der Waals surface area contributed by atoms with Crippen LogP contribution in [0.15, 0.2) is 22.9 Å². The molecular weight excluding hydrogens is 288 g/mol. The molecule has 2 nitrogen and oxygen atoms in total. The van der Waals surface area contributed by atoms with E-state index in [2.05, 4.69) is 27.0 Å². The molecule has 3 heteroatoms. The number of hydrogen-bond acceptors (Lipinski definition) is 2. The molecule has 0 saturated heterocycles. The van der Waals surface area contributed by atoms with Gasteiger partial charge in [-0.15, -0.1) is 0 Å². The van der Waals surface area contributed by atoms with Crippen LogP contribution in [0.2, 0.25) is 0 Å². The molecule has 3 rings (SSSR count). The van der Waals surface area contributed by atoms with Gasteiger partial charge < -0.3 is 5.73 Å². The second-order valence-electron chi connectivity index (χ2n) is 6.24. The third-order valence-corrected chi connectivity index (χ3v) is 4.96. The first-order valence-corrected chi connectivity index (χ1v) is 7.82. The summed E-state index contributed by atoms with van der Waals surface area (Å²) >= 11 is 3.49. The second-order valence-corrected chi connectivity index (χ2v) is 7.16. The van der Waals surface area contributed by atoms with Crippen molar-refractivity contribution in [2.24, 2.45) is 17.6 Å². The van der Waals surface area contributed by atoms with Crippen LogP contribution in [-0.4, -0.2) is 10.5 Å².